The van der Waals surface area contributed by atoms with E-state index in [1.165, 1.54) is 13.0 Å². The fourth-order valence-corrected chi connectivity index (χ4v) is 11.4. The van der Waals surface area contributed by atoms with Gasteiger partial charge in [0, 0.05) is 43.6 Å². The molecule has 7 heteroatoms. The van der Waals surface area contributed by atoms with Crippen molar-refractivity contribution in [3.63, 3.8) is 0 Å². The first-order valence-electron chi connectivity index (χ1n) is 25.0. The number of benzene rings is 10. The Hall–Kier alpha value is -9.00. The first kappa shape index (κ1) is 45.8. The Morgan fingerprint density at radius 1 is 0.467 bits per heavy atom. The van der Waals surface area contributed by atoms with Gasteiger partial charge >= 0.3 is 0 Å². The summed E-state index contributed by atoms with van der Waals surface area (Å²) in [6.07, 6.45) is 2.11. The molecule has 4 aromatic heterocycles. The number of nitrogens with zero attached hydrogens (tertiary/aromatic N) is 4. The van der Waals surface area contributed by atoms with Crippen LogP contribution in [0.5, 0.6) is 0 Å². The fraction of sp³-hybridized carbons (Fsp3) is 0.0441. The van der Waals surface area contributed by atoms with E-state index >= 15 is 0 Å². The van der Waals surface area contributed by atoms with E-state index in [0.29, 0.717) is 6.42 Å². The Labute approximate surface area is 445 Å². The van der Waals surface area contributed by atoms with Gasteiger partial charge in [0.15, 0.2) is 5.78 Å². The number of aliphatic hydroxyl groups excluding tert-OH is 1. The molecule has 0 aliphatic heterocycles. The molecule has 359 valence electrons. The Morgan fingerprint density at radius 3 is 1.33 bits per heavy atom. The van der Waals surface area contributed by atoms with Crippen molar-refractivity contribution in [3.05, 3.63) is 242 Å². The number of hydrogen-bond acceptors (Lipinski definition) is 4. The number of aliphatic hydroxyl groups is 1. The van der Waals surface area contributed by atoms with Gasteiger partial charge in [-0.15, -0.1) is 47.2 Å². The maximum Gasteiger partial charge on any atom is 0.159 e. The van der Waals surface area contributed by atoms with E-state index in [-0.39, 0.29) is 38.1 Å². The fourth-order valence-electron chi connectivity index (χ4n) is 11.4. The molecule has 0 amide bonds. The number of ketones is 1. The predicted molar refractivity (Wildman–Crippen MR) is 304 cm³/mol. The topological polar surface area (TPSA) is 71.9 Å². The average Bonchev–Trinajstić information content (AvgIpc) is 4.05. The molecule has 14 aromatic rings. The Kier molecular flexibility index (Phi) is 11.3. The van der Waals surface area contributed by atoms with Gasteiger partial charge < -0.3 is 13.9 Å². The molecule has 6 nitrogen and oxygen atoms in total. The quantitative estimate of drug-likeness (QED) is 0.0677. The van der Waals surface area contributed by atoms with Crippen molar-refractivity contribution >= 4 is 82.5 Å². The standard InChI is InChI=1S/C68H44N4O2.Ir/c1-42(73)36-49(74)33-30-43-16-2-3-17-50(43)46-37-47(53-20-6-4-18-51(53)44-31-34-57-59(40-44)55-22-8-12-26-63(55)71-65-28-14-10-24-61(65)69-67(57)71)39-48(38-46)54-21-7-5-19-52(54)45-32-35-58-60(41-45)56-23-9-13-27-64(56)72-66-29-15-11-25-62(66)70-68(58)72;/h2-29,31-32,36-41,73H,30,33H2,1H3;/q-2;/b42-36-;. The molecule has 14 rings (SSSR count). The van der Waals surface area contributed by atoms with Crippen LogP contribution in [0.1, 0.15) is 18.9 Å². The Bertz CT molecular complexity index is 4420. The minimum atomic E-state index is -0.111. The second kappa shape index (κ2) is 18.5. The summed E-state index contributed by atoms with van der Waals surface area (Å²) in [7, 11) is 0. The minimum Gasteiger partial charge on any atom is -0.512 e. The van der Waals surface area contributed by atoms with E-state index in [2.05, 4.69) is 215 Å². The molecule has 0 saturated carbocycles. The van der Waals surface area contributed by atoms with Gasteiger partial charge in [-0.25, -0.2) is 0 Å². The third-order valence-corrected chi connectivity index (χ3v) is 14.7. The third kappa shape index (κ3) is 7.70. The van der Waals surface area contributed by atoms with Crippen LogP contribution in [-0.2, 0) is 31.3 Å². The maximum absolute atomic E-state index is 13.0. The van der Waals surface area contributed by atoms with Gasteiger partial charge in [-0.1, -0.05) is 166 Å². The molecule has 0 atom stereocenters. The number of para-hydroxylation sites is 6. The first-order valence-corrected chi connectivity index (χ1v) is 25.0. The van der Waals surface area contributed by atoms with Gasteiger partial charge in [0.05, 0.1) is 39.1 Å². The van der Waals surface area contributed by atoms with Crippen molar-refractivity contribution in [2.75, 3.05) is 0 Å². The van der Waals surface area contributed by atoms with Crippen LogP contribution in [0.2, 0.25) is 0 Å². The summed E-state index contributed by atoms with van der Waals surface area (Å²) in [5.41, 5.74) is 19.7. The van der Waals surface area contributed by atoms with Gasteiger partial charge in [-0.05, 0) is 118 Å². The van der Waals surface area contributed by atoms with Crippen molar-refractivity contribution in [1.82, 2.24) is 18.8 Å². The Morgan fingerprint density at radius 2 is 0.853 bits per heavy atom. The molecule has 10 aromatic carbocycles. The zero-order valence-electron chi connectivity index (χ0n) is 40.7. The van der Waals surface area contributed by atoms with Crippen LogP contribution in [0.4, 0.5) is 0 Å². The number of aryl methyl sites for hydroxylation is 1. The van der Waals surface area contributed by atoms with E-state index in [9.17, 15) is 9.90 Å². The van der Waals surface area contributed by atoms with Crippen molar-refractivity contribution in [1.29, 1.82) is 0 Å². The zero-order chi connectivity index (χ0) is 49.4. The molecule has 1 radical (unpaired) electrons. The molecule has 0 fully saturated rings. The van der Waals surface area contributed by atoms with E-state index in [1.54, 1.807) is 0 Å². The van der Waals surface area contributed by atoms with E-state index in [4.69, 9.17) is 9.97 Å². The number of imidazole rings is 2. The van der Waals surface area contributed by atoms with Crippen molar-refractivity contribution < 1.29 is 30.0 Å². The Balaban J connectivity index is 0.00000541. The maximum atomic E-state index is 13.0. The van der Waals surface area contributed by atoms with Gasteiger partial charge in [-0.3, -0.25) is 14.8 Å². The zero-order valence-corrected chi connectivity index (χ0v) is 43.1. The summed E-state index contributed by atoms with van der Waals surface area (Å²) in [5, 5.41) is 16.3. The first-order chi connectivity index (χ1) is 36.4. The van der Waals surface area contributed by atoms with Gasteiger partial charge in [0.2, 0.25) is 0 Å². The molecule has 75 heavy (non-hydrogen) atoms. The second-order valence-corrected chi connectivity index (χ2v) is 19.2. The second-order valence-electron chi connectivity index (χ2n) is 19.2. The average molecular weight is 1140 g/mol. The van der Waals surface area contributed by atoms with E-state index in [1.807, 2.05) is 18.2 Å². The van der Waals surface area contributed by atoms with Crippen LogP contribution < -0.4 is 0 Å². The number of allylic oxidation sites excluding steroid dienone is 2. The SMILES string of the molecule is C/C(O)=C/C(=O)CCc1ccccc1-c1cc(-c2ccccc2-c2c[c-]c3c(c2)c2ccccc2n2c4ccccc4nc32)cc(-c2ccccc2-c2c[c-]c3c(c2)c2ccccc2n2c4ccccc4nc32)c1.[Ir]. The molecule has 0 aliphatic carbocycles. The van der Waals surface area contributed by atoms with E-state index < -0.39 is 0 Å². The number of aromatic nitrogens is 4. The summed E-state index contributed by atoms with van der Waals surface area (Å²) in [4.78, 5) is 23.3. The molecule has 0 saturated heterocycles. The summed E-state index contributed by atoms with van der Waals surface area (Å²) < 4.78 is 4.52. The molecule has 0 aliphatic rings. The predicted octanol–water partition coefficient (Wildman–Crippen LogP) is 16.8. The molecular weight excluding hydrogens is 1100 g/mol. The number of carbonyl (C=O) groups excluding carboxylic acids is 1. The van der Waals surface area contributed by atoms with Crippen molar-refractivity contribution in [2.45, 2.75) is 19.8 Å². The van der Waals surface area contributed by atoms with Gasteiger partial charge in [0.25, 0.3) is 0 Å². The molecule has 0 bridgehead atoms. The van der Waals surface area contributed by atoms with Gasteiger partial charge in [-0.2, -0.15) is 0 Å². The summed E-state index contributed by atoms with van der Waals surface area (Å²) in [6.45, 7) is 1.53. The summed E-state index contributed by atoms with van der Waals surface area (Å²) in [5.74, 6) is -0.0975. The van der Waals surface area contributed by atoms with Gasteiger partial charge in [0.1, 0.15) is 0 Å². The largest absolute Gasteiger partial charge is 0.512 e. The van der Waals surface area contributed by atoms with Crippen LogP contribution in [-0.4, -0.2) is 29.7 Å². The summed E-state index contributed by atoms with van der Waals surface area (Å²) >= 11 is 0. The van der Waals surface area contributed by atoms with Crippen LogP contribution in [0.3, 0.4) is 0 Å². The molecular formula is C68H44IrN4O2-2. The van der Waals surface area contributed by atoms with E-state index in [0.717, 1.165) is 138 Å². The smallest absolute Gasteiger partial charge is 0.159 e. The van der Waals surface area contributed by atoms with Crippen LogP contribution >= 0.6 is 0 Å². The number of fused-ring (bicyclic) bond motifs is 16. The third-order valence-electron chi connectivity index (χ3n) is 14.7. The molecule has 1 N–H and O–H groups in total. The molecule has 4 heterocycles. The monoisotopic (exact) mass is 1140 g/mol. The van der Waals surface area contributed by atoms with Crippen LogP contribution in [0.15, 0.2) is 224 Å². The molecule has 0 unspecified atom stereocenters. The number of carbonyl (C=O) groups is 1. The van der Waals surface area contributed by atoms with Crippen LogP contribution in [0.25, 0.3) is 132 Å². The molecule has 0 spiro atoms. The summed E-state index contributed by atoms with van der Waals surface area (Å²) in [6, 6.07) is 82.7. The normalized spacial score (nSPS) is 12.0. The number of rotatable bonds is 9. The number of pyridine rings is 2. The van der Waals surface area contributed by atoms with Crippen molar-refractivity contribution in [3.8, 4) is 55.6 Å². The van der Waals surface area contributed by atoms with Crippen molar-refractivity contribution in [2.24, 2.45) is 0 Å². The number of hydrogen-bond donors (Lipinski definition) is 1. The van der Waals surface area contributed by atoms with Crippen LogP contribution in [0, 0.1) is 12.1 Å². The minimum absolute atomic E-state index is 0.